The summed E-state index contributed by atoms with van der Waals surface area (Å²) in [4.78, 5) is 33.8. The predicted octanol–water partition coefficient (Wildman–Crippen LogP) is 3.35. The number of amides is 3. The van der Waals surface area contributed by atoms with E-state index < -0.39 is 0 Å². The molecule has 0 saturated heterocycles. The number of aromatic nitrogens is 1. The highest BCUT2D eigenvalue weighted by molar-refractivity contribution is 5.90. The largest absolute Gasteiger partial charge is 0.484 e. The highest BCUT2D eigenvalue weighted by Gasteiger charge is 2.29. The molecular formula is C29H39N5O4. The molecule has 2 aromatic rings. The van der Waals surface area contributed by atoms with Crippen molar-refractivity contribution in [2.75, 3.05) is 32.1 Å². The Balaban J connectivity index is 1.55. The molecule has 9 heteroatoms. The van der Waals surface area contributed by atoms with Gasteiger partial charge in [0.2, 0.25) is 5.91 Å². The van der Waals surface area contributed by atoms with Gasteiger partial charge in [0.1, 0.15) is 11.9 Å². The van der Waals surface area contributed by atoms with E-state index >= 15 is 0 Å². The van der Waals surface area contributed by atoms with Gasteiger partial charge in [0.25, 0.3) is 0 Å². The summed E-state index contributed by atoms with van der Waals surface area (Å²) >= 11 is 0. The zero-order valence-corrected chi connectivity index (χ0v) is 22.4. The molecule has 0 radical (unpaired) electrons. The summed E-state index contributed by atoms with van der Waals surface area (Å²) in [6, 6.07) is 8.95. The minimum Gasteiger partial charge on any atom is -0.484 e. The molecule has 9 nitrogen and oxygen atoms in total. The average molecular weight is 522 g/mol. The van der Waals surface area contributed by atoms with Crippen LogP contribution in [0.3, 0.4) is 0 Å². The molecule has 2 heterocycles. The first-order valence-corrected chi connectivity index (χ1v) is 13.3. The molecule has 0 unspecified atom stereocenters. The number of aliphatic hydroxyl groups is 1. The van der Waals surface area contributed by atoms with E-state index in [2.05, 4.69) is 27.1 Å². The van der Waals surface area contributed by atoms with Crippen LogP contribution in [-0.4, -0.2) is 76.8 Å². The molecule has 2 aliphatic rings. The lowest BCUT2D eigenvalue weighted by atomic mass is 10.1. The maximum atomic E-state index is 13.4. The van der Waals surface area contributed by atoms with Gasteiger partial charge in [0.15, 0.2) is 0 Å². The monoisotopic (exact) mass is 521 g/mol. The third-order valence-corrected chi connectivity index (χ3v) is 7.24. The van der Waals surface area contributed by atoms with Crippen molar-refractivity contribution in [2.24, 2.45) is 0 Å². The number of ether oxygens (including phenoxy) is 1. The summed E-state index contributed by atoms with van der Waals surface area (Å²) in [6.45, 7) is 7.50. The van der Waals surface area contributed by atoms with Crippen molar-refractivity contribution >= 4 is 17.6 Å². The lowest BCUT2D eigenvalue weighted by molar-refractivity contribution is -0.132. The Morgan fingerprint density at radius 2 is 2.00 bits per heavy atom. The molecule has 3 N–H and O–H groups in total. The maximum Gasteiger partial charge on any atom is 0.319 e. The van der Waals surface area contributed by atoms with Crippen LogP contribution in [0.4, 0.5) is 10.5 Å². The third kappa shape index (κ3) is 7.33. The topological polar surface area (TPSA) is 107 Å². The van der Waals surface area contributed by atoms with Crippen molar-refractivity contribution in [3.8, 4) is 5.75 Å². The molecule has 3 amide bonds. The Morgan fingerprint density at radius 3 is 2.71 bits per heavy atom. The van der Waals surface area contributed by atoms with Crippen LogP contribution in [0, 0.1) is 0 Å². The number of anilines is 1. The van der Waals surface area contributed by atoms with E-state index in [4.69, 9.17) is 4.74 Å². The number of carbonyl (C=O) groups is 2. The van der Waals surface area contributed by atoms with Crippen LogP contribution in [0.5, 0.6) is 5.75 Å². The smallest absolute Gasteiger partial charge is 0.319 e. The summed E-state index contributed by atoms with van der Waals surface area (Å²) in [6.07, 6.45) is 7.52. The van der Waals surface area contributed by atoms with Crippen LogP contribution in [0.25, 0.3) is 0 Å². The highest BCUT2D eigenvalue weighted by atomic mass is 16.5. The van der Waals surface area contributed by atoms with E-state index in [1.54, 1.807) is 29.4 Å². The molecule has 1 aliphatic carbocycles. The summed E-state index contributed by atoms with van der Waals surface area (Å²) in [5, 5.41) is 15.8. The summed E-state index contributed by atoms with van der Waals surface area (Å²) in [5.41, 5.74) is 3.17. The SMILES string of the molecule is C=C1CN([C@@H](C)CO)C(=O)Cc2cc(NC(=O)NC3CCCC3)ccc2O[C@H]1CN(C)Cc1ccncc1. The van der Waals surface area contributed by atoms with Crippen LogP contribution in [0.2, 0.25) is 0 Å². The number of urea groups is 1. The quantitative estimate of drug-likeness (QED) is 0.460. The van der Waals surface area contributed by atoms with Gasteiger partial charge in [-0.3, -0.25) is 14.7 Å². The zero-order valence-electron chi connectivity index (χ0n) is 22.4. The number of carbonyl (C=O) groups excluding carboxylic acids is 2. The number of hydrogen-bond acceptors (Lipinski definition) is 6. The summed E-state index contributed by atoms with van der Waals surface area (Å²) in [5.74, 6) is 0.456. The van der Waals surface area contributed by atoms with E-state index in [9.17, 15) is 14.7 Å². The minimum absolute atomic E-state index is 0.0896. The summed E-state index contributed by atoms with van der Waals surface area (Å²) < 4.78 is 6.49. The van der Waals surface area contributed by atoms with Gasteiger partial charge < -0.3 is 25.4 Å². The Hall–Kier alpha value is -3.43. The number of likely N-dealkylation sites (N-methyl/N-ethyl adjacent to an activating group) is 1. The Kier molecular flexibility index (Phi) is 9.36. The van der Waals surface area contributed by atoms with E-state index in [1.807, 2.05) is 32.2 Å². The van der Waals surface area contributed by atoms with Gasteiger partial charge in [0, 0.05) is 49.3 Å². The van der Waals surface area contributed by atoms with Crippen molar-refractivity contribution in [1.82, 2.24) is 20.1 Å². The van der Waals surface area contributed by atoms with Gasteiger partial charge >= 0.3 is 6.03 Å². The average Bonchev–Trinajstić information content (AvgIpc) is 3.41. The van der Waals surface area contributed by atoms with Crippen molar-refractivity contribution in [3.05, 3.63) is 66.0 Å². The molecular weight excluding hydrogens is 482 g/mol. The second-order valence-corrected chi connectivity index (χ2v) is 10.4. The third-order valence-electron chi connectivity index (χ3n) is 7.24. The number of benzene rings is 1. The van der Waals surface area contributed by atoms with Crippen LogP contribution >= 0.6 is 0 Å². The van der Waals surface area contributed by atoms with Crippen molar-refractivity contribution in [1.29, 1.82) is 0 Å². The number of hydrogen-bond donors (Lipinski definition) is 3. The minimum atomic E-state index is -0.385. The second-order valence-electron chi connectivity index (χ2n) is 10.4. The second kappa shape index (κ2) is 12.9. The molecule has 2 atom stereocenters. The lowest BCUT2D eigenvalue weighted by Crippen LogP contribution is -2.44. The molecule has 38 heavy (non-hydrogen) atoms. The predicted molar refractivity (Wildman–Crippen MR) is 147 cm³/mol. The van der Waals surface area contributed by atoms with Gasteiger partial charge in [-0.05, 0) is 68.3 Å². The van der Waals surface area contributed by atoms with E-state index in [0.717, 1.165) is 36.8 Å². The number of fused-ring (bicyclic) bond motifs is 1. The molecule has 1 fully saturated rings. The van der Waals surface area contributed by atoms with Gasteiger partial charge in [-0.15, -0.1) is 0 Å². The normalized spacial score (nSPS) is 19.3. The first kappa shape index (κ1) is 27.6. The fourth-order valence-corrected chi connectivity index (χ4v) is 5.06. The van der Waals surface area contributed by atoms with Crippen molar-refractivity contribution in [2.45, 2.75) is 63.8 Å². The Morgan fingerprint density at radius 1 is 1.26 bits per heavy atom. The number of aliphatic hydroxyl groups excluding tert-OH is 1. The first-order chi connectivity index (χ1) is 18.3. The maximum absolute atomic E-state index is 13.4. The van der Waals surface area contributed by atoms with Crippen molar-refractivity contribution < 1.29 is 19.4 Å². The van der Waals surface area contributed by atoms with E-state index in [-0.39, 0.29) is 49.7 Å². The van der Waals surface area contributed by atoms with Crippen LogP contribution < -0.4 is 15.4 Å². The standard InChI is InChI=1S/C29H39N5O4/c1-20-16-34(21(2)19-35)28(36)15-23-14-25(32-29(37)31-24-6-4-5-7-24)8-9-26(23)38-27(20)18-33(3)17-22-10-12-30-13-11-22/h8-14,21,24,27,35H,1,4-7,15-19H2,2-3H3,(H2,31,32,37)/t21-,27-/m0/s1. The summed E-state index contributed by atoms with van der Waals surface area (Å²) in [7, 11) is 2.01. The van der Waals surface area contributed by atoms with Crippen LogP contribution in [0.1, 0.15) is 43.7 Å². The molecule has 1 saturated carbocycles. The van der Waals surface area contributed by atoms with E-state index in [1.165, 1.54) is 0 Å². The van der Waals surface area contributed by atoms with Gasteiger partial charge in [-0.25, -0.2) is 4.79 Å². The van der Waals surface area contributed by atoms with Gasteiger partial charge in [0.05, 0.1) is 19.1 Å². The van der Waals surface area contributed by atoms with Gasteiger partial charge in [-0.1, -0.05) is 19.4 Å². The Bertz CT molecular complexity index is 1120. The number of nitrogens with zero attached hydrogens (tertiary/aromatic N) is 3. The first-order valence-electron chi connectivity index (χ1n) is 13.3. The molecule has 0 spiro atoms. The lowest BCUT2D eigenvalue weighted by Gasteiger charge is -2.31. The Labute approximate surface area is 224 Å². The van der Waals surface area contributed by atoms with Crippen LogP contribution in [0.15, 0.2) is 54.9 Å². The number of pyridine rings is 1. The molecule has 1 aliphatic heterocycles. The molecule has 1 aromatic heterocycles. The van der Waals surface area contributed by atoms with Crippen molar-refractivity contribution in [3.63, 3.8) is 0 Å². The highest BCUT2D eigenvalue weighted by Crippen LogP contribution is 2.29. The van der Waals surface area contributed by atoms with Crippen LogP contribution in [-0.2, 0) is 17.8 Å². The van der Waals surface area contributed by atoms with E-state index in [0.29, 0.717) is 30.1 Å². The number of rotatable bonds is 8. The zero-order chi connectivity index (χ0) is 27.1. The molecule has 204 valence electrons. The number of nitrogens with one attached hydrogen (secondary N) is 2. The fraction of sp³-hybridized carbons (Fsp3) is 0.483. The molecule has 0 bridgehead atoms. The fourth-order valence-electron chi connectivity index (χ4n) is 5.06. The molecule has 1 aromatic carbocycles. The molecule has 4 rings (SSSR count). The van der Waals surface area contributed by atoms with Gasteiger partial charge in [-0.2, -0.15) is 0 Å².